The number of nitrogens with one attached hydrogen (secondary N) is 2. The number of carbonyl (C=O) groups is 1. The highest BCUT2D eigenvalue weighted by atomic mass is 32.2. The van der Waals surface area contributed by atoms with Crippen molar-refractivity contribution in [1.29, 1.82) is 0 Å². The number of rotatable bonds is 7. The van der Waals surface area contributed by atoms with Crippen LogP contribution in [-0.2, 0) is 14.8 Å². The first-order valence-corrected chi connectivity index (χ1v) is 8.48. The second-order valence-electron chi connectivity index (χ2n) is 4.78. The van der Waals surface area contributed by atoms with Crippen molar-refractivity contribution >= 4 is 27.8 Å². The van der Waals surface area contributed by atoms with Crippen LogP contribution in [0.5, 0.6) is 0 Å². The Morgan fingerprint density at radius 1 is 1.12 bits per heavy atom. The van der Waals surface area contributed by atoms with Gasteiger partial charge in [0.2, 0.25) is 10.0 Å². The fourth-order valence-electron chi connectivity index (χ4n) is 1.75. The standard InChI is InChI=1S/C15H14N4O5S/c20-15(18-16-10-12-4-2-1-3-5-12)11-17-25(23,24)14-8-6-13(7-9-14)19(21)22/h1-10,17H,11H2,(H,18,20)/b16-10+. The molecule has 9 nitrogen and oxygen atoms in total. The van der Waals surface area contributed by atoms with Crippen molar-refractivity contribution in [3.63, 3.8) is 0 Å². The third-order valence-electron chi connectivity index (χ3n) is 2.98. The molecule has 0 spiro atoms. The minimum absolute atomic E-state index is 0.182. The normalized spacial score (nSPS) is 11.4. The van der Waals surface area contributed by atoms with Crippen LogP contribution in [0.3, 0.4) is 0 Å². The summed E-state index contributed by atoms with van der Waals surface area (Å²) in [4.78, 5) is 21.3. The zero-order valence-electron chi connectivity index (χ0n) is 12.8. The fraction of sp³-hybridized carbons (Fsp3) is 0.0667. The van der Waals surface area contributed by atoms with Crippen LogP contribution in [0.1, 0.15) is 5.56 Å². The molecule has 0 fully saturated rings. The molecule has 2 aromatic rings. The van der Waals surface area contributed by atoms with E-state index in [1.807, 2.05) is 18.2 Å². The predicted octanol–water partition coefficient (Wildman–Crippen LogP) is 1.02. The Morgan fingerprint density at radius 3 is 2.36 bits per heavy atom. The van der Waals surface area contributed by atoms with Gasteiger partial charge in [0.05, 0.1) is 22.6 Å². The maximum absolute atomic E-state index is 12.0. The number of nitrogens with zero attached hydrogens (tertiary/aromatic N) is 2. The topological polar surface area (TPSA) is 131 Å². The molecular formula is C15H14N4O5S. The quantitative estimate of drug-likeness (QED) is 0.431. The molecule has 10 heteroatoms. The van der Waals surface area contributed by atoms with Gasteiger partial charge in [0.25, 0.3) is 11.6 Å². The van der Waals surface area contributed by atoms with Gasteiger partial charge in [-0.2, -0.15) is 5.10 Å². The number of nitro groups is 1. The van der Waals surface area contributed by atoms with E-state index in [1.165, 1.54) is 6.21 Å². The van der Waals surface area contributed by atoms with Crippen LogP contribution in [0.2, 0.25) is 0 Å². The first-order valence-electron chi connectivity index (χ1n) is 6.99. The van der Waals surface area contributed by atoms with Crippen LogP contribution in [0, 0.1) is 10.1 Å². The molecule has 0 saturated heterocycles. The predicted molar refractivity (Wildman–Crippen MR) is 90.5 cm³/mol. The van der Waals surface area contributed by atoms with Crippen LogP contribution in [0.4, 0.5) is 5.69 Å². The van der Waals surface area contributed by atoms with Gasteiger partial charge in [0.15, 0.2) is 0 Å². The van der Waals surface area contributed by atoms with Crippen molar-refractivity contribution < 1.29 is 18.1 Å². The Kier molecular flexibility index (Phi) is 5.93. The summed E-state index contributed by atoms with van der Waals surface area (Å²) in [6.45, 7) is -0.522. The summed E-state index contributed by atoms with van der Waals surface area (Å²) < 4.78 is 26.1. The summed E-state index contributed by atoms with van der Waals surface area (Å²) in [5.41, 5.74) is 2.74. The molecule has 0 aliphatic carbocycles. The molecule has 0 atom stereocenters. The molecular weight excluding hydrogens is 348 g/mol. The molecule has 2 N–H and O–H groups in total. The van der Waals surface area contributed by atoms with Crippen molar-refractivity contribution in [2.24, 2.45) is 5.10 Å². The number of nitro benzene ring substituents is 1. The number of carbonyl (C=O) groups excluding carboxylic acids is 1. The number of hydrogen-bond donors (Lipinski definition) is 2. The summed E-state index contributed by atoms with van der Waals surface area (Å²) in [6.07, 6.45) is 1.42. The molecule has 0 unspecified atom stereocenters. The van der Waals surface area contributed by atoms with E-state index in [1.54, 1.807) is 12.1 Å². The second kappa shape index (κ2) is 8.13. The van der Waals surface area contributed by atoms with Gasteiger partial charge in [0, 0.05) is 12.1 Å². The van der Waals surface area contributed by atoms with Gasteiger partial charge in [-0.25, -0.2) is 18.6 Å². The Bertz CT molecular complexity index is 880. The van der Waals surface area contributed by atoms with E-state index in [2.05, 4.69) is 15.2 Å². The van der Waals surface area contributed by atoms with Crippen LogP contribution >= 0.6 is 0 Å². The summed E-state index contributed by atoms with van der Waals surface area (Å²) in [5, 5.41) is 14.3. The van der Waals surface area contributed by atoms with E-state index in [9.17, 15) is 23.3 Å². The number of non-ortho nitro benzene ring substituents is 1. The lowest BCUT2D eigenvalue weighted by atomic mass is 10.2. The van der Waals surface area contributed by atoms with Crippen LogP contribution < -0.4 is 10.1 Å². The first kappa shape index (κ1) is 18.2. The smallest absolute Gasteiger partial charge is 0.269 e. The summed E-state index contributed by atoms with van der Waals surface area (Å²) in [6, 6.07) is 13.3. The van der Waals surface area contributed by atoms with Crippen molar-refractivity contribution in [1.82, 2.24) is 10.1 Å². The van der Waals surface area contributed by atoms with Gasteiger partial charge in [-0.1, -0.05) is 30.3 Å². The lowest BCUT2D eigenvalue weighted by Gasteiger charge is -2.05. The molecule has 1 amide bonds. The molecule has 25 heavy (non-hydrogen) atoms. The average Bonchev–Trinajstić information content (AvgIpc) is 2.61. The van der Waals surface area contributed by atoms with Crippen molar-refractivity contribution in [2.75, 3.05) is 6.54 Å². The van der Waals surface area contributed by atoms with Gasteiger partial charge in [-0.15, -0.1) is 0 Å². The monoisotopic (exact) mass is 362 g/mol. The van der Waals surface area contributed by atoms with Crippen molar-refractivity contribution in [2.45, 2.75) is 4.90 Å². The van der Waals surface area contributed by atoms with E-state index in [0.717, 1.165) is 29.8 Å². The van der Waals surface area contributed by atoms with Gasteiger partial charge < -0.3 is 0 Å². The Morgan fingerprint density at radius 2 is 1.76 bits per heavy atom. The van der Waals surface area contributed by atoms with Crippen LogP contribution in [0.25, 0.3) is 0 Å². The zero-order valence-corrected chi connectivity index (χ0v) is 13.6. The molecule has 0 aliphatic heterocycles. The second-order valence-corrected chi connectivity index (χ2v) is 6.55. The SMILES string of the molecule is O=C(CNS(=O)(=O)c1ccc([N+](=O)[O-])cc1)N/N=C/c1ccccc1. The highest BCUT2D eigenvalue weighted by Crippen LogP contribution is 2.15. The van der Waals surface area contributed by atoms with Crippen LogP contribution in [0.15, 0.2) is 64.6 Å². The number of hydrazone groups is 1. The Hall–Kier alpha value is -3.11. The van der Waals surface area contributed by atoms with E-state index < -0.39 is 27.4 Å². The number of sulfonamides is 1. The van der Waals surface area contributed by atoms with E-state index in [-0.39, 0.29) is 10.6 Å². The average molecular weight is 362 g/mol. The highest BCUT2D eigenvalue weighted by molar-refractivity contribution is 7.89. The maximum atomic E-state index is 12.0. The summed E-state index contributed by atoms with van der Waals surface area (Å²) >= 11 is 0. The lowest BCUT2D eigenvalue weighted by Crippen LogP contribution is -2.34. The molecule has 0 aliphatic rings. The van der Waals surface area contributed by atoms with E-state index in [4.69, 9.17) is 0 Å². The van der Waals surface area contributed by atoms with Crippen molar-refractivity contribution in [3.05, 3.63) is 70.3 Å². The van der Waals surface area contributed by atoms with Gasteiger partial charge in [0.1, 0.15) is 0 Å². The largest absolute Gasteiger partial charge is 0.272 e. The molecule has 2 rings (SSSR count). The molecule has 0 bridgehead atoms. The van der Waals surface area contributed by atoms with Crippen molar-refractivity contribution in [3.8, 4) is 0 Å². The molecule has 130 valence electrons. The zero-order chi connectivity index (χ0) is 18.3. The molecule has 0 radical (unpaired) electrons. The maximum Gasteiger partial charge on any atom is 0.269 e. The minimum Gasteiger partial charge on any atom is -0.272 e. The lowest BCUT2D eigenvalue weighted by molar-refractivity contribution is -0.384. The van der Waals surface area contributed by atoms with Crippen LogP contribution in [-0.4, -0.2) is 32.0 Å². The van der Waals surface area contributed by atoms with E-state index in [0.29, 0.717) is 0 Å². The number of hydrogen-bond acceptors (Lipinski definition) is 6. The summed E-state index contributed by atoms with van der Waals surface area (Å²) in [7, 11) is -3.96. The number of benzene rings is 2. The molecule has 0 saturated carbocycles. The fourth-order valence-corrected chi connectivity index (χ4v) is 2.73. The highest BCUT2D eigenvalue weighted by Gasteiger charge is 2.16. The van der Waals surface area contributed by atoms with Gasteiger partial charge in [-0.05, 0) is 17.7 Å². The molecule has 0 heterocycles. The molecule has 2 aromatic carbocycles. The Balaban J connectivity index is 1.89. The first-order chi connectivity index (χ1) is 11.9. The van der Waals surface area contributed by atoms with Gasteiger partial charge in [-0.3, -0.25) is 14.9 Å². The van der Waals surface area contributed by atoms with E-state index >= 15 is 0 Å². The third-order valence-corrected chi connectivity index (χ3v) is 4.40. The minimum atomic E-state index is -3.96. The van der Waals surface area contributed by atoms with Gasteiger partial charge >= 0.3 is 0 Å². The molecule has 0 aromatic heterocycles. The third kappa shape index (κ3) is 5.48. The number of amides is 1. The Labute approximate surface area is 143 Å². The summed E-state index contributed by atoms with van der Waals surface area (Å²) in [5.74, 6) is -0.655.